The molecule has 0 amide bonds. The van der Waals surface area contributed by atoms with E-state index in [1.165, 1.54) is 42.4 Å². The number of hydrogen-bond acceptors (Lipinski definition) is 3. The Bertz CT molecular complexity index is 1500. The fourth-order valence-electron chi connectivity index (χ4n) is 4.80. The highest BCUT2D eigenvalue weighted by atomic mass is 32.1. The SMILES string of the molecule is CC1(C)OB(c2ccccc2-c2cccc3c2sc2c(-c4ccccc4)cccc23)OC1(C)C. The highest BCUT2D eigenvalue weighted by Gasteiger charge is 2.52. The normalized spacial score (nSPS) is 17.0. The third-order valence-electron chi connectivity index (χ3n) is 7.37. The molecule has 2 heterocycles. The van der Waals surface area contributed by atoms with Gasteiger partial charge in [-0.25, -0.2) is 0 Å². The molecule has 1 saturated heterocycles. The van der Waals surface area contributed by atoms with Crippen molar-refractivity contribution in [3.05, 3.63) is 91.0 Å². The predicted octanol–water partition coefficient (Wildman–Crippen LogP) is 7.69. The highest BCUT2D eigenvalue weighted by molar-refractivity contribution is 7.26. The van der Waals surface area contributed by atoms with Gasteiger partial charge in [-0.15, -0.1) is 11.3 Å². The van der Waals surface area contributed by atoms with E-state index in [0.29, 0.717) is 0 Å². The summed E-state index contributed by atoms with van der Waals surface area (Å²) >= 11 is 1.87. The van der Waals surface area contributed by atoms with Gasteiger partial charge >= 0.3 is 7.12 Å². The molecule has 34 heavy (non-hydrogen) atoms. The van der Waals surface area contributed by atoms with Crippen molar-refractivity contribution in [3.8, 4) is 22.3 Å². The summed E-state index contributed by atoms with van der Waals surface area (Å²) in [5.74, 6) is 0. The Morgan fingerprint density at radius 2 is 1.09 bits per heavy atom. The van der Waals surface area contributed by atoms with Crippen LogP contribution >= 0.6 is 11.3 Å². The molecule has 0 aliphatic carbocycles. The Kier molecular flexibility index (Phi) is 4.96. The zero-order valence-electron chi connectivity index (χ0n) is 20.0. The van der Waals surface area contributed by atoms with Gasteiger partial charge in [0.25, 0.3) is 0 Å². The first-order valence-electron chi connectivity index (χ1n) is 11.8. The number of fused-ring (bicyclic) bond motifs is 3. The van der Waals surface area contributed by atoms with Crippen molar-refractivity contribution >= 4 is 44.1 Å². The zero-order chi connectivity index (χ0) is 23.5. The maximum absolute atomic E-state index is 6.44. The predicted molar refractivity (Wildman–Crippen MR) is 146 cm³/mol. The molecule has 0 N–H and O–H groups in total. The maximum Gasteiger partial charge on any atom is 0.495 e. The van der Waals surface area contributed by atoms with Crippen molar-refractivity contribution in [2.45, 2.75) is 38.9 Å². The van der Waals surface area contributed by atoms with Crippen LogP contribution in [0.3, 0.4) is 0 Å². The average molecular weight is 462 g/mol. The van der Waals surface area contributed by atoms with Gasteiger partial charge in [0.1, 0.15) is 0 Å². The second-order valence-corrected chi connectivity index (χ2v) is 11.0. The molecule has 4 aromatic carbocycles. The van der Waals surface area contributed by atoms with Crippen LogP contribution in [0, 0.1) is 0 Å². The third kappa shape index (κ3) is 3.32. The van der Waals surface area contributed by atoms with E-state index in [4.69, 9.17) is 9.31 Å². The van der Waals surface area contributed by atoms with Gasteiger partial charge in [0.2, 0.25) is 0 Å². The summed E-state index contributed by atoms with van der Waals surface area (Å²) in [6, 6.07) is 32.4. The molecule has 0 atom stereocenters. The summed E-state index contributed by atoms with van der Waals surface area (Å²) in [6.07, 6.45) is 0. The first kappa shape index (κ1) is 21.6. The number of rotatable bonds is 3. The average Bonchev–Trinajstić information content (AvgIpc) is 3.32. The summed E-state index contributed by atoms with van der Waals surface area (Å²) in [7, 11) is -0.397. The second-order valence-electron chi connectivity index (χ2n) is 10.0. The van der Waals surface area contributed by atoms with E-state index in [9.17, 15) is 0 Å². The first-order chi connectivity index (χ1) is 16.4. The van der Waals surface area contributed by atoms with Crippen LogP contribution in [0.4, 0.5) is 0 Å². The quantitative estimate of drug-likeness (QED) is 0.256. The van der Waals surface area contributed by atoms with E-state index >= 15 is 0 Å². The Morgan fingerprint density at radius 3 is 1.76 bits per heavy atom. The van der Waals surface area contributed by atoms with Crippen molar-refractivity contribution in [1.82, 2.24) is 0 Å². The van der Waals surface area contributed by atoms with Crippen molar-refractivity contribution < 1.29 is 9.31 Å². The Morgan fingerprint density at radius 1 is 0.559 bits per heavy atom. The molecular formula is C30H27BO2S. The first-order valence-corrected chi connectivity index (χ1v) is 12.6. The van der Waals surface area contributed by atoms with Gasteiger partial charge in [-0.1, -0.05) is 91.0 Å². The van der Waals surface area contributed by atoms with Crippen LogP contribution in [0.5, 0.6) is 0 Å². The van der Waals surface area contributed by atoms with E-state index in [2.05, 4.69) is 119 Å². The van der Waals surface area contributed by atoms with E-state index in [0.717, 1.165) is 5.46 Å². The van der Waals surface area contributed by atoms with Gasteiger partial charge < -0.3 is 9.31 Å². The van der Waals surface area contributed by atoms with Gasteiger partial charge in [0.05, 0.1) is 11.2 Å². The van der Waals surface area contributed by atoms with Crippen LogP contribution in [0.1, 0.15) is 27.7 Å². The Labute approximate surface area is 205 Å². The molecule has 1 aromatic heterocycles. The second kappa shape index (κ2) is 7.81. The molecule has 0 radical (unpaired) electrons. The molecule has 5 aromatic rings. The number of thiophene rings is 1. The minimum Gasteiger partial charge on any atom is -0.399 e. The molecule has 0 bridgehead atoms. The maximum atomic E-state index is 6.44. The van der Waals surface area contributed by atoms with Crippen LogP contribution in [-0.2, 0) is 9.31 Å². The lowest BCUT2D eigenvalue weighted by Gasteiger charge is -2.32. The van der Waals surface area contributed by atoms with E-state index in [1.54, 1.807) is 0 Å². The van der Waals surface area contributed by atoms with Crippen LogP contribution in [0.15, 0.2) is 91.0 Å². The molecule has 1 aliphatic heterocycles. The van der Waals surface area contributed by atoms with Gasteiger partial charge in [0, 0.05) is 20.2 Å². The number of hydrogen-bond donors (Lipinski definition) is 0. The molecular weight excluding hydrogens is 435 g/mol. The van der Waals surface area contributed by atoms with Gasteiger partial charge in [0.15, 0.2) is 0 Å². The fraction of sp³-hybridized carbons (Fsp3) is 0.200. The standard InChI is InChI=1S/C30H27BO2S/c1-29(2)30(3,4)33-31(32-29)26-19-9-8-14-22(26)23-16-11-18-25-24-17-10-15-21(27(24)34-28(23)25)20-12-6-5-7-13-20/h5-19H,1-4H3. The van der Waals surface area contributed by atoms with Gasteiger partial charge in [-0.05, 0) is 55.4 Å². The minimum atomic E-state index is -0.397. The van der Waals surface area contributed by atoms with Crippen LogP contribution in [0.25, 0.3) is 42.4 Å². The minimum absolute atomic E-state index is 0.376. The highest BCUT2D eigenvalue weighted by Crippen LogP contribution is 2.44. The molecule has 168 valence electrons. The molecule has 4 heteroatoms. The van der Waals surface area contributed by atoms with Crippen molar-refractivity contribution in [2.75, 3.05) is 0 Å². The fourth-order valence-corrected chi connectivity index (χ4v) is 6.16. The lowest BCUT2D eigenvalue weighted by Crippen LogP contribution is -2.41. The van der Waals surface area contributed by atoms with Gasteiger partial charge in [-0.3, -0.25) is 0 Å². The third-order valence-corrected chi connectivity index (χ3v) is 8.66. The van der Waals surface area contributed by atoms with E-state index in [-0.39, 0.29) is 11.2 Å². The lowest BCUT2D eigenvalue weighted by molar-refractivity contribution is 0.00578. The van der Waals surface area contributed by atoms with Crippen molar-refractivity contribution in [2.24, 2.45) is 0 Å². The number of benzene rings is 4. The van der Waals surface area contributed by atoms with Crippen LogP contribution < -0.4 is 5.46 Å². The van der Waals surface area contributed by atoms with Crippen molar-refractivity contribution in [3.63, 3.8) is 0 Å². The molecule has 0 unspecified atom stereocenters. The van der Waals surface area contributed by atoms with Gasteiger partial charge in [-0.2, -0.15) is 0 Å². The smallest absolute Gasteiger partial charge is 0.399 e. The summed E-state index contributed by atoms with van der Waals surface area (Å²) in [5.41, 5.74) is 5.25. The largest absolute Gasteiger partial charge is 0.495 e. The van der Waals surface area contributed by atoms with E-state index < -0.39 is 7.12 Å². The van der Waals surface area contributed by atoms with Crippen LogP contribution in [-0.4, -0.2) is 18.3 Å². The zero-order valence-corrected chi connectivity index (χ0v) is 20.8. The molecule has 2 nitrogen and oxygen atoms in total. The topological polar surface area (TPSA) is 18.5 Å². The summed E-state index contributed by atoms with van der Waals surface area (Å²) in [6.45, 7) is 8.42. The summed E-state index contributed by atoms with van der Waals surface area (Å²) in [5, 5.41) is 2.59. The Hall–Kier alpha value is -2.92. The lowest BCUT2D eigenvalue weighted by atomic mass is 9.74. The Balaban J connectivity index is 1.55. The molecule has 0 spiro atoms. The van der Waals surface area contributed by atoms with E-state index in [1.807, 2.05) is 11.3 Å². The molecule has 1 aliphatic rings. The molecule has 6 rings (SSSR count). The van der Waals surface area contributed by atoms with Crippen LogP contribution in [0.2, 0.25) is 0 Å². The monoisotopic (exact) mass is 462 g/mol. The summed E-state index contributed by atoms with van der Waals surface area (Å²) in [4.78, 5) is 0. The molecule has 0 saturated carbocycles. The molecule has 1 fully saturated rings. The van der Waals surface area contributed by atoms with Crippen molar-refractivity contribution in [1.29, 1.82) is 0 Å². The summed E-state index contributed by atoms with van der Waals surface area (Å²) < 4.78 is 15.5.